The molecule has 0 atom stereocenters. The monoisotopic (exact) mass is 292 g/mol. The largest absolute Gasteiger partial charge is 0.395 e. The van der Waals surface area contributed by atoms with Gasteiger partial charge < -0.3 is 10.8 Å². The molecule has 0 fully saturated rings. The number of thiocarbonyl (C=S) groups is 1. The standard InChI is InChI=1S/C12H15F3N2OS/c13-10-2-1-8(5-9(10)12(16)19)6-17(3-4-18)7-11(14)15/h1-2,5,11,18H,3-4,6-7H2,(H2,16,19). The zero-order valence-electron chi connectivity index (χ0n) is 10.2. The number of halogens is 3. The fourth-order valence-corrected chi connectivity index (χ4v) is 1.85. The van der Waals surface area contributed by atoms with Gasteiger partial charge in [0.25, 0.3) is 6.43 Å². The maximum atomic E-state index is 13.4. The molecule has 7 heteroatoms. The minimum atomic E-state index is -2.50. The number of benzene rings is 1. The highest BCUT2D eigenvalue weighted by atomic mass is 32.1. The Morgan fingerprint density at radius 2 is 2.11 bits per heavy atom. The Kier molecular flexibility index (Phi) is 6.20. The Balaban J connectivity index is 2.84. The lowest BCUT2D eigenvalue weighted by Crippen LogP contribution is -2.31. The number of hydrogen-bond acceptors (Lipinski definition) is 3. The van der Waals surface area contributed by atoms with Crippen LogP contribution in [0.2, 0.25) is 0 Å². The third-order valence-electron chi connectivity index (χ3n) is 2.51. The smallest absolute Gasteiger partial charge is 0.251 e. The maximum absolute atomic E-state index is 13.4. The first-order valence-electron chi connectivity index (χ1n) is 5.63. The molecule has 0 unspecified atom stereocenters. The minimum absolute atomic E-state index is 0.0816. The lowest BCUT2D eigenvalue weighted by atomic mass is 10.1. The van der Waals surface area contributed by atoms with Gasteiger partial charge in [-0.3, -0.25) is 4.90 Å². The lowest BCUT2D eigenvalue weighted by molar-refractivity contribution is 0.0746. The van der Waals surface area contributed by atoms with Crippen molar-refractivity contribution in [2.24, 2.45) is 5.73 Å². The second kappa shape index (κ2) is 7.42. The van der Waals surface area contributed by atoms with E-state index in [-0.39, 0.29) is 30.2 Å². The number of hydrogen-bond donors (Lipinski definition) is 2. The topological polar surface area (TPSA) is 49.5 Å². The molecule has 0 aliphatic heterocycles. The van der Waals surface area contributed by atoms with Crippen LogP contribution in [0.4, 0.5) is 13.2 Å². The summed E-state index contributed by atoms with van der Waals surface area (Å²) < 4.78 is 38.1. The van der Waals surface area contributed by atoms with Crippen LogP contribution in [0.5, 0.6) is 0 Å². The van der Waals surface area contributed by atoms with Crippen molar-refractivity contribution in [1.82, 2.24) is 4.90 Å². The van der Waals surface area contributed by atoms with E-state index in [1.54, 1.807) is 0 Å². The van der Waals surface area contributed by atoms with Crippen LogP contribution in [0, 0.1) is 5.82 Å². The van der Waals surface area contributed by atoms with Gasteiger partial charge in [0, 0.05) is 18.7 Å². The van der Waals surface area contributed by atoms with Crippen molar-refractivity contribution in [3.05, 3.63) is 35.1 Å². The summed E-state index contributed by atoms with van der Waals surface area (Å²) in [6, 6.07) is 4.11. The molecule has 106 valence electrons. The van der Waals surface area contributed by atoms with E-state index in [9.17, 15) is 13.2 Å². The first-order chi connectivity index (χ1) is 8.93. The predicted molar refractivity (Wildman–Crippen MR) is 70.7 cm³/mol. The summed E-state index contributed by atoms with van der Waals surface area (Å²) >= 11 is 4.71. The number of aliphatic hydroxyl groups is 1. The highest BCUT2D eigenvalue weighted by Crippen LogP contribution is 2.13. The van der Waals surface area contributed by atoms with E-state index in [4.69, 9.17) is 23.1 Å². The van der Waals surface area contributed by atoms with Gasteiger partial charge in [0.05, 0.1) is 13.2 Å². The quantitative estimate of drug-likeness (QED) is 0.748. The molecule has 0 radical (unpaired) electrons. The van der Waals surface area contributed by atoms with Gasteiger partial charge in [-0.25, -0.2) is 13.2 Å². The Hall–Kier alpha value is -1.18. The van der Waals surface area contributed by atoms with E-state index in [0.29, 0.717) is 5.56 Å². The van der Waals surface area contributed by atoms with Crippen LogP contribution >= 0.6 is 12.2 Å². The molecule has 0 bridgehead atoms. The Morgan fingerprint density at radius 3 is 2.63 bits per heavy atom. The first kappa shape index (κ1) is 15.9. The average molecular weight is 292 g/mol. The van der Waals surface area contributed by atoms with Gasteiger partial charge >= 0.3 is 0 Å². The summed E-state index contributed by atoms with van der Waals surface area (Å²) in [6.07, 6.45) is -2.50. The summed E-state index contributed by atoms with van der Waals surface area (Å²) in [7, 11) is 0. The summed E-state index contributed by atoms with van der Waals surface area (Å²) in [4.78, 5) is 1.29. The molecule has 0 heterocycles. The second-order valence-corrected chi connectivity index (χ2v) is 4.47. The van der Waals surface area contributed by atoms with Crippen LogP contribution in [0.3, 0.4) is 0 Å². The van der Waals surface area contributed by atoms with Crippen molar-refractivity contribution >= 4 is 17.2 Å². The van der Waals surface area contributed by atoms with Crippen molar-refractivity contribution in [1.29, 1.82) is 0 Å². The highest BCUT2D eigenvalue weighted by molar-refractivity contribution is 7.80. The molecule has 1 rings (SSSR count). The molecule has 0 spiro atoms. The van der Waals surface area contributed by atoms with Gasteiger partial charge in [0.1, 0.15) is 10.8 Å². The number of nitrogens with zero attached hydrogens (tertiary/aromatic N) is 1. The molecular weight excluding hydrogens is 277 g/mol. The normalized spacial score (nSPS) is 11.3. The van der Waals surface area contributed by atoms with Crippen LogP contribution in [0.15, 0.2) is 18.2 Å². The van der Waals surface area contributed by atoms with Gasteiger partial charge in [-0.2, -0.15) is 0 Å². The minimum Gasteiger partial charge on any atom is -0.395 e. The van der Waals surface area contributed by atoms with E-state index in [1.807, 2.05) is 0 Å². The van der Waals surface area contributed by atoms with E-state index in [1.165, 1.54) is 23.1 Å². The SMILES string of the molecule is NC(=S)c1cc(CN(CCO)CC(F)F)ccc1F. The summed E-state index contributed by atoms with van der Waals surface area (Å²) in [5, 5.41) is 8.83. The lowest BCUT2D eigenvalue weighted by Gasteiger charge is -2.21. The predicted octanol–water partition coefficient (Wildman–Crippen LogP) is 1.52. The fourth-order valence-electron chi connectivity index (χ4n) is 1.69. The van der Waals surface area contributed by atoms with Crippen LogP contribution in [-0.2, 0) is 6.54 Å². The Labute approximate surface area is 114 Å². The number of alkyl halides is 2. The molecule has 19 heavy (non-hydrogen) atoms. The molecule has 0 amide bonds. The van der Waals surface area contributed by atoms with Gasteiger partial charge in [0.15, 0.2) is 0 Å². The van der Waals surface area contributed by atoms with Crippen LogP contribution in [-0.4, -0.2) is 41.1 Å². The molecular formula is C12H15F3N2OS. The van der Waals surface area contributed by atoms with Crippen molar-refractivity contribution in [3.8, 4) is 0 Å². The van der Waals surface area contributed by atoms with Gasteiger partial charge in [-0.1, -0.05) is 18.3 Å². The third kappa shape index (κ3) is 5.14. The van der Waals surface area contributed by atoms with Crippen LogP contribution < -0.4 is 5.73 Å². The highest BCUT2D eigenvalue weighted by Gasteiger charge is 2.13. The van der Waals surface area contributed by atoms with E-state index < -0.39 is 18.8 Å². The molecule has 3 nitrogen and oxygen atoms in total. The number of nitrogens with two attached hydrogens (primary N) is 1. The zero-order chi connectivity index (χ0) is 14.4. The molecule has 0 saturated heterocycles. The van der Waals surface area contributed by atoms with Gasteiger partial charge in [-0.05, 0) is 17.7 Å². The Bertz CT molecular complexity index is 443. The number of aliphatic hydroxyl groups excluding tert-OH is 1. The van der Waals surface area contributed by atoms with Crippen LogP contribution in [0.1, 0.15) is 11.1 Å². The molecule has 3 N–H and O–H groups in total. The van der Waals surface area contributed by atoms with Crippen molar-refractivity contribution in [3.63, 3.8) is 0 Å². The van der Waals surface area contributed by atoms with E-state index in [0.717, 1.165) is 0 Å². The average Bonchev–Trinajstić information content (AvgIpc) is 2.30. The molecule has 0 aliphatic carbocycles. The van der Waals surface area contributed by atoms with E-state index >= 15 is 0 Å². The molecule has 1 aromatic rings. The molecule has 0 aliphatic rings. The third-order valence-corrected chi connectivity index (χ3v) is 2.73. The molecule has 1 aromatic carbocycles. The molecule has 0 aromatic heterocycles. The summed E-state index contributed by atoms with van der Waals surface area (Å²) in [5.41, 5.74) is 6.07. The summed E-state index contributed by atoms with van der Waals surface area (Å²) in [6.45, 7) is -0.401. The Morgan fingerprint density at radius 1 is 1.42 bits per heavy atom. The molecule has 0 saturated carbocycles. The van der Waals surface area contributed by atoms with Crippen molar-refractivity contribution in [2.75, 3.05) is 19.7 Å². The van der Waals surface area contributed by atoms with E-state index in [2.05, 4.69) is 0 Å². The van der Waals surface area contributed by atoms with Crippen molar-refractivity contribution < 1.29 is 18.3 Å². The van der Waals surface area contributed by atoms with Crippen molar-refractivity contribution in [2.45, 2.75) is 13.0 Å². The second-order valence-electron chi connectivity index (χ2n) is 4.03. The first-order valence-corrected chi connectivity index (χ1v) is 6.04. The summed E-state index contributed by atoms with van der Waals surface area (Å²) in [5.74, 6) is -0.543. The van der Waals surface area contributed by atoms with Gasteiger partial charge in [-0.15, -0.1) is 0 Å². The maximum Gasteiger partial charge on any atom is 0.251 e. The zero-order valence-corrected chi connectivity index (χ0v) is 11.0. The van der Waals surface area contributed by atoms with Gasteiger partial charge in [0.2, 0.25) is 0 Å². The fraction of sp³-hybridized carbons (Fsp3) is 0.417. The number of rotatable bonds is 7. The van der Waals surface area contributed by atoms with Crippen LogP contribution in [0.25, 0.3) is 0 Å².